The minimum absolute atomic E-state index is 0.0353. The minimum atomic E-state index is -0.548. The van der Waals surface area contributed by atoms with Crippen molar-refractivity contribution in [2.24, 2.45) is 0 Å². The average Bonchev–Trinajstić information content (AvgIpc) is 2.68. The van der Waals surface area contributed by atoms with Crippen molar-refractivity contribution in [1.29, 1.82) is 0 Å². The standard InChI is InChI=1S/C21H18FN3O3/c1-13-9-10-19(28-2)18(11-13)25-21(27)17-8-4-7-16(24-17)20(26)23-15-6-3-5-14(22)12-15/h3-12H,1-2H3,(H,23,26)(H,25,27). The molecule has 3 rings (SSSR count). The van der Waals surface area contributed by atoms with Crippen LogP contribution >= 0.6 is 0 Å². The van der Waals surface area contributed by atoms with Gasteiger partial charge in [-0.05, 0) is 55.0 Å². The molecule has 2 N–H and O–H groups in total. The number of anilines is 2. The zero-order chi connectivity index (χ0) is 20.1. The topological polar surface area (TPSA) is 80.3 Å². The number of methoxy groups -OCH3 is 1. The summed E-state index contributed by atoms with van der Waals surface area (Å²) in [7, 11) is 1.51. The molecule has 142 valence electrons. The average molecular weight is 379 g/mol. The fraction of sp³-hybridized carbons (Fsp3) is 0.0952. The maximum Gasteiger partial charge on any atom is 0.274 e. The van der Waals surface area contributed by atoms with Crippen molar-refractivity contribution >= 4 is 23.2 Å². The van der Waals surface area contributed by atoms with Gasteiger partial charge in [-0.2, -0.15) is 0 Å². The van der Waals surface area contributed by atoms with Crippen LogP contribution in [0.25, 0.3) is 0 Å². The second-order valence-electron chi connectivity index (χ2n) is 6.03. The van der Waals surface area contributed by atoms with Crippen LogP contribution in [0.5, 0.6) is 5.75 Å². The Morgan fingerprint density at radius 1 is 0.929 bits per heavy atom. The third kappa shape index (κ3) is 4.50. The van der Waals surface area contributed by atoms with Crippen molar-refractivity contribution in [2.75, 3.05) is 17.7 Å². The number of nitrogens with one attached hydrogen (secondary N) is 2. The summed E-state index contributed by atoms with van der Waals surface area (Å²) in [5.74, 6) is -0.984. The van der Waals surface area contributed by atoms with Crippen LogP contribution in [0.4, 0.5) is 15.8 Å². The summed E-state index contributed by atoms with van der Waals surface area (Å²) in [6.07, 6.45) is 0. The molecule has 6 nitrogen and oxygen atoms in total. The van der Waals surface area contributed by atoms with E-state index in [2.05, 4.69) is 15.6 Å². The number of amides is 2. The molecule has 2 aromatic carbocycles. The highest BCUT2D eigenvalue weighted by atomic mass is 19.1. The van der Waals surface area contributed by atoms with E-state index in [1.165, 1.54) is 37.4 Å². The van der Waals surface area contributed by atoms with Crippen molar-refractivity contribution in [1.82, 2.24) is 4.98 Å². The number of carbonyl (C=O) groups is 2. The van der Waals surface area contributed by atoms with Crippen LogP contribution < -0.4 is 15.4 Å². The Kier molecular flexibility index (Phi) is 5.64. The molecule has 0 aliphatic carbocycles. The lowest BCUT2D eigenvalue weighted by atomic mass is 10.2. The first-order chi connectivity index (χ1) is 13.5. The van der Waals surface area contributed by atoms with E-state index in [1.54, 1.807) is 24.3 Å². The second kappa shape index (κ2) is 8.30. The Morgan fingerprint density at radius 2 is 1.61 bits per heavy atom. The highest BCUT2D eigenvalue weighted by Crippen LogP contribution is 2.25. The SMILES string of the molecule is COc1ccc(C)cc1NC(=O)c1cccc(C(=O)Nc2cccc(F)c2)n1. The molecule has 0 spiro atoms. The number of benzene rings is 2. The molecular weight excluding hydrogens is 361 g/mol. The van der Waals surface area contributed by atoms with E-state index in [4.69, 9.17) is 4.74 Å². The summed E-state index contributed by atoms with van der Waals surface area (Å²) in [6.45, 7) is 1.89. The monoisotopic (exact) mass is 379 g/mol. The number of pyridine rings is 1. The second-order valence-corrected chi connectivity index (χ2v) is 6.03. The van der Waals surface area contributed by atoms with Gasteiger partial charge in [0, 0.05) is 5.69 Å². The molecule has 7 heteroatoms. The number of aryl methyl sites for hydroxylation is 1. The lowest BCUT2D eigenvalue weighted by Crippen LogP contribution is -2.18. The third-order valence-electron chi connectivity index (χ3n) is 3.90. The summed E-state index contributed by atoms with van der Waals surface area (Å²) in [6, 6.07) is 15.4. The highest BCUT2D eigenvalue weighted by Gasteiger charge is 2.15. The van der Waals surface area contributed by atoms with Crippen LogP contribution in [0.3, 0.4) is 0 Å². The van der Waals surface area contributed by atoms with Gasteiger partial charge in [0.25, 0.3) is 11.8 Å². The Hall–Kier alpha value is -3.74. The van der Waals surface area contributed by atoms with Crippen LogP contribution in [0.2, 0.25) is 0 Å². The van der Waals surface area contributed by atoms with Gasteiger partial charge in [0.2, 0.25) is 0 Å². The number of halogens is 1. The Balaban J connectivity index is 1.78. The molecule has 0 aliphatic heterocycles. The van der Waals surface area contributed by atoms with Crippen molar-refractivity contribution in [3.63, 3.8) is 0 Å². The van der Waals surface area contributed by atoms with Gasteiger partial charge in [-0.25, -0.2) is 9.37 Å². The Morgan fingerprint density at radius 3 is 2.29 bits per heavy atom. The van der Waals surface area contributed by atoms with E-state index in [0.29, 0.717) is 17.1 Å². The van der Waals surface area contributed by atoms with Crippen LogP contribution in [0.1, 0.15) is 26.5 Å². The number of aromatic nitrogens is 1. The first-order valence-corrected chi connectivity index (χ1v) is 8.46. The summed E-state index contributed by atoms with van der Waals surface area (Å²) in [5, 5.41) is 5.28. The maximum absolute atomic E-state index is 13.3. The molecule has 28 heavy (non-hydrogen) atoms. The molecule has 0 saturated heterocycles. The van der Waals surface area contributed by atoms with E-state index in [9.17, 15) is 14.0 Å². The summed E-state index contributed by atoms with van der Waals surface area (Å²) in [5.41, 5.74) is 1.85. The number of nitrogens with zero attached hydrogens (tertiary/aromatic N) is 1. The molecular formula is C21H18FN3O3. The molecule has 0 saturated carbocycles. The molecule has 3 aromatic rings. The quantitative estimate of drug-likeness (QED) is 0.701. The van der Waals surface area contributed by atoms with Gasteiger partial charge >= 0.3 is 0 Å². The third-order valence-corrected chi connectivity index (χ3v) is 3.90. The van der Waals surface area contributed by atoms with E-state index in [0.717, 1.165) is 5.56 Å². The maximum atomic E-state index is 13.3. The van der Waals surface area contributed by atoms with Crippen LogP contribution in [-0.4, -0.2) is 23.9 Å². The first kappa shape index (κ1) is 19.0. The van der Waals surface area contributed by atoms with Gasteiger partial charge < -0.3 is 15.4 Å². The van der Waals surface area contributed by atoms with Gasteiger partial charge in [-0.3, -0.25) is 9.59 Å². The first-order valence-electron chi connectivity index (χ1n) is 8.46. The summed E-state index contributed by atoms with van der Waals surface area (Å²) < 4.78 is 18.5. The van der Waals surface area contributed by atoms with Crippen molar-refractivity contribution in [3.8, 4) is 5.75 Å². The van der Waals surface area contributed by atoms with Gasteiger partial charge in [0.05, 0.1) is 12.8 Å². The van der Waals surface area contributed by atoms with E-state index in [1.807, 2.05) is 13.0 Å². The normalized spacial score (nSPS) is 10.2. The van der Waals surface area contributed by atoms with E-state index >= 15 is 0 Å². The fourth-order valence-electron chi connectivity index (χ4n) is 2.55. The van der Waals surface area contributed by atoms with Crippen LogP contribution in [0.15, 0.2) is 60.7 Å². The molecule has 0 fully saturated rings. The minimum Gasteiger partial charge on any atom is -0.495 e. The van der Waals surface area contributed by atoms with Gasteiger partial charge in [-0.15, -0.1) is 0 Å². The van der Waals surface area contributed by atoms with Gasteiger partial charge in [-0.1, -0.05) is 18.2 Å². The van der Waals surface area contributed by atoms with Crippen molar-refractivity contribution < 1.29 is 18.7 Å². The number of rotatable bonds is 5. The Labute approximate surface area is 161 Å². The molecule has 1 heterocycles. The molecule has 0 aliphatic rings. The van der Waals surface area contributed by atoms with E-state index in [-0.39, 0.29) is 11.4 Å². The summed E-state index contributed by atoms with van der Waals surface area (Å²) in [4.78, 5) is 29.0. The lowest BCUT2D eigenvalue weighted by Gasteiger charge is -2.11. The van der Waals surface area contributed by atoms with Crippen LogP contribution in [-0.2, 0) is 0 Å². The highest BCUT2D eigenvalue weighted by molar-refractivity contribution is 6.06. The van der Waals surface area contributed by atoms with Crippen molar-refractivity contribution in [3.05, 3.63) is 83.4 Å². The van der Waals surface area contributed by atoms with Crippen molar-refractivity contribution in [2.45, 2.75) is 6.92 Å². The molecule has 0 bridgehead atoms. The number of carbonyl (C=O) groups excluding carboxylic acids is 2. The lowest BCUT2D eigenvalue weighted by molar-refractivity contribution is 0.101. The molecule has 0 radical (unpaired) electrons. The molecule has 1 aromatic heterocycles. The molecule has 0 atom stereocenters. The molecule has 0 unspecified atom stereocenters. The number of ether oxygens (including phenoxy) is 1. The predicted molar refractivity (Wildman–Crippen MR) is 104 cm³/mol. The largest absolute Gasteiger partial charge is 0.495 e. The zero-order valence-electron chi connectivity index (χ0n) is 15.3. The Bertz CT molecular complexity index is 1040. The van der Waals surface area contributed by atoms with Gasteiger partial charge in [0.1, 0.15) is 23.0 Å². The summed E-state index contributed by atoms with van der Waals surface area (Å²) >= 11 is 0. The zero-order valence-corrected chi connectivity index (χ0v) is 15.3. The number of hydrogen-bond acceptors (Lipinski definition) is 4. The van der Waals surface area contributed by atoms with E-state index < -0.39 is 17.6 Å². The van der Waals surface area contributed by atoms with Gasteiger partial charge in [0.15, 0.2) is 0 Å². The van der Waals surface area contributed by atoms with Crippen LogP contribution in [0, 0.1) is 12.7 Å². The fourth-order valence-corrected chi connectivity index (χ4v) is 2.55. The molecule has 2 amide bonds. The number of hydrogen-bond donors (Lipinski definition) is 2. The predicted octanol–water partition coefficient (Wildman–Crippen LogP) is 4.04. The smallest absolute Gasteiger partial charge is 0.274 e.